The molecule has 1 heteroatoms. The van der Waals surface area contributed by atoms with Crippen molar-refractivity contribution in [1.29, 1.82) is 0 Å². The van der Waals surface area contributed by atoms with Crippen molar-refractivity contribution in [1.82, 2.24) is 0 Å². The van der Waals surface area contributed by atoms with Gasteiger partial charge < -0.3 is 0 Å². The van der Waals surface area contributed by atoms with E-state index in [9.17, 15) is 0 Å². The highest BCUT2D eigenvalue weighted by molar-refractivity contribution is 5.85. The number of benzene rings is 3. The van der Waals surface area contributed by atoms with Crippen molar-refractivity contribution in [2.75, 3.05) is 0 Å². The standard InChI is InChI=1S/C35H39F/c1-3-5-7-9-28-12-14-29(15-13-28)18-19-31-21-25-34-33(26-31)24-23-32(35(34)36)22-20-30-16-10-27(11-17-30)8-6-4-2/h3-5,12-15,21,23-27,30H,2,6-11,16-17,20,22H2,1H3/b5-3+. The van der Waals surface area contributed by atoms with Gasteiger partial charge in [0.2, 0.25) is 0 Å². The van der Waals surface area contributed by atoms with Gasteiger partial charge in [0.1, 0.15) is 5.82 Å². The lowest BCUT2D eigenvalue weighted by Crippen LogP contribution is -2.15. The molecule has 0 unspecified atom stereocenters. The second kappa shape index (κ2) is 13.3. The Balaban J connectivity index is 1.36. The number of fused-ring (bicyclic) bond motifs is 1. The first-order valence-corrected chi connectivity index (χ1v) is 13.7. The third-order valence-corrected chi connectivity index (χ3v) is 7.74. The van der Waals surface area contributed by atoms with Crippen LogP contribution in [0, 0.1) is 29.5 Å². The molecule has 0 aromatic heterocycles. The minimum atomic E-state index is -0.0554. The van der Waals surface area contributed by atoms with Crippen molar-refractivity contribution in [3.05, 3.63) is 107 Å². The molecule has 36 heavy (non-hydrogen) atoms. The number of halogens is 1. The maximum atomic E-state index is 15.3. The van der Waals surface area contributed by atoms with Crippen LogP contribution in [0.4, 0.5) is 4.39 Å². The molecule has 1 saturated carbocycles. The maximum absolute atomic E-state index is 15.3. The van der Waals surface area contributed by atoms with Crippen LogP contribution < -0.4 is 0 Å². The molecule has 3 aromatic carbocycles. The monoisotopic (exact) mass is 478 g/mol. The van der Waals surface area contributed by atoms with Gasteiger partial charge in [-0.3, -0.25) is 0 Å². The Hall–Kier alpha value is -3.11. The van der Waals surface area contributed by atoms with Gasteiger partial charge in [-0.1, -0.05) is 86.1 Å². The van der Waals surface area contributed by atoms with Crippen LogP contribution in [0.3, 0.4) is 0 Å². The van der Waals surface area contributed by atoms with Crippen LogP contribution in [0.25, 0.3) is 10.8 Å². The van der Waals surface area contributed by atoms with E-state index in [-0.39, 0.29) is 5.82 Å². The van der Waals surface area contributed by atoms with E-state index in [2.05, 4.69) is 67.8 Å². The molecule has 1 fully saturated rings. The van der Waals surface area contributed by atoms with Crippen molar-refractivity contribution in [3.63, 3.8) is 0 Å². The zero-order valence-corrected chi connectivity index (χ0v) is 21.7. The molecule has 0 saturated heterocycles. The second-order valence-corrected chi connectivity index (χ2v) is 10.3. The SMILES string of the molecule is C=CCCC1CCC(CCc2ccc3cc(C#Cc4ccc(CC/C=C/C)cc4)ccc3c2F)CC1. The van der Waals surface area contributed by atoms with Crippen LogP contribution >= 0.6 is 0 Å². The molecule has 0 radical (unpaired) electrons. The number of rotatable bonds is 9. The molecule has 4 rings (SSSR count). The molecule has 0 atom stereocenters. The molecule has 0 heterocycles. The first-order chi connectivity index (χ1) is 17.7. The van der Waals surface area contributed by atoms with Crippen LogP contribution in [0.5, 0.6) is 0 Å². The summed E-state index contributed by atoms with van der Waals surface area (Å²) in [5.74, 6) is 8.05. The number of allylic oxidation sites excluding steroid dienone is 3. The Morgan fingerprint density at radius 1 is 0.833 bits per heavy atom. The van der Waals surface area contributed by atoms with E-state index in [1.807, 2.05) is 30.3 Å². The molecule has 3 aromatic rings. The van der Waals surface area contributed by atoms with Crippen LogP contribution in [0.15, 0.2) is 79.4 Å². The lowest BCUT2D eigenvalue weighted by Gasteiger charge is -2.28. The van der Waals surface area contributed by atoms with Gasteiger partial charge in [0.15, 0.2) is 0 Å². The number of hydrogen-bond donors (Lipinski definition) is 0. The number of aryl methyl sites for hydroxylation is 2. The summed E-state index contributed by atoms with van der Waals surface area (Å²) < 4.78 is 15.3. The normalized spacial score (nSPS) is 17.7. The van der Waals surface area contributed by atoms with Gasteiger partial charge in [-0.25, -0.2) is 4.39 Å². The van der Waals surface area contributed by atoms with Crippen molar-refractivity contribution in [2.24, 2.45) is 11.8 Å². The highest BCUT2D eigenvalue weighted by Crippen LogP contribution is 2.34. The van der Waals surface area contributed by atoms with E-state index in [0.29, 0.717) is 5.39 Å². The average molecular weight is 479 g/mol. The molecular formula is C35H39F. The summed E-state index contributed by atoms with van der Waals surface area (Å²) in [6.45, 7) is 5.90. The Morgan fingerprint density at radius 3 is 2.25 bits per heavy atom. The predicted molar refractivity (Wildman–Crippen MR) is 153 cm³/mol. The van der Waals surface area contributed by atoms with E-state index in [0.717, 1.165) is 66.0 Å². The van der Waals surface area contributed by atoms with Crippen LogP contribution in [-0.2, 0) is 12.8 Å². The van der Waals surface area contributed by atoms with Crippen molar-refractivity contribution < 1.29 is 4.39 Å². The van der Waals surface area contributed by atoms with E-state index in [1.54, 1.807) is 0 Å². The zero-order chi connectivity index (χ0) is 25.2. The quantitative estimate of drug-likeness (QED) is 0.212. The lowest BCUT2D eigenvalue weighted by atomic mass is 9.78. The molecule has 0 N–H and O–H groups in total. The van der Waals surface area contributed by atoms with E-state index in [1.165, 1.54) is 37.7 Å². The Kier molecular flexibility index (Phi) is 9.57. The summed E-state index contributed by atoms with van der Waals surface area (Å²) in [7, 11) is 0. The third kappa shape index (κ3) is 7.20. The average Bonchev–Trinajstić information content (AvgIpc) is 2.92. The van der Waals surface area contributed by atoms with Crippen molar-refractivity contribution in [2.45, 2.75) is 71.1 Å². The molecule has 1 aliphatic rings. The van der Waals surface area contributed by atoms with Gasteiger partial charge in [-0.2, -0.15) is 0 Å². The molecule has 1 aliphatic carbocycles. The van der Waals surface area contributed by atoms with Gasteiger partial charge in [0.05, 0.1) is 0 Å². The summed E-state index contributed by atoms with van der Waals surface area (Å²) in [6.07, 6.45) is 18.0. The Morgan fingerprint density at radius 2 is 1.53 bits per heavy atom. The molecule has 0 spiro atoms. The summed E-state index contributed by atoms with van der Waals surface area (Å²) in [4.78, 5) is 0. The molecule has 0 aliphatic heterocycles. The Bertz CT molecular complexity index is 1230. The Labute approximate surface area is 217 Å². The molecule has 0 bridgehead atoms. The van der Waals surface area contributed by atoms with E-state index in [4.69, 9.17) is 0 Å². The number of hydrogen-bond acceptors (Lipinski definition) is 0. The van der Waals surface area contributed by atoms with E-state index < -0.39 is 0 Å². The fourth-order valence-corrected chi connectivity index (χ4v) is 5.45. The van der Waals surface area contributed by atoms with Gasteiger partial charge in [0, 0.05) is 16.5 Å². The fourth-order valence-electron chi connectivity index (χ4n) is 5.45. The predicted octanol–water partition coefficient (Wildman–Crippen LogP) is 9.59. The first-order valence-electron chi connectivity index (χ1n) is 13.7. The van der Waals surface area contributed by atoms with Crippen molar-refractivity contribution >= 4 is 10.8 Å². The van der Waals surface area contributed by atoms with Gasteiger partial charge in [-0.05, 0) is 98.1 Å². The minimum Gasteiger partial charge on any atom is -0.206 e. The second-order valence-electron chi connectivity index (χ2n) is 10.3. The smallest absolute Gasteiger partial charge is 0.134 e. The maximum Gasteiger partial charge on any atom is 0.134 e. The van der Waals surface area contributed by atoms with Crippen LogP contribution in [0.1, 0.15) is 80.5 Å². The minimum absolute atomic E-state index is 0.0554. The highest BCUT2D eigenvalue weighted by Gasteiger charge is 2.21. The molecular weight excluding hydrogens is 439 g/mol. The van der Waals surface area contributed by atoms with Crippen LogP contribution in [0.2, 0.25) is 0 Å². The third-order valence-electron chi connectivity index (χ3n) is 7.74. The summed E-state index contributed by atoms with van der Waals surface area (Å²) in [6, 6.07) is 18.4. The topological polar surface area (TPSA) is 0 Å². The van der Waals surface area contributed by atoms with E-state index >= 15 is 4.39 Å². The lowest BCUT2D eigenvalue weighted by molar-refractivity contribution is 0.254. The van der Waals surface area contributed by atoms with Gasteiger partial charge in [-0.15, -0.1) is 6.58 Å². The van der Waals surface area contributed by atoms with Gasteiger partial charge in [0.25, 0.3) is 0 Å². The summed E-state index contributed by atoms with van der Waals surface area (Å²) in [5, 5.41) is 1.63. The van der Waals surface area contributed by atoms with Crippen molar-refractivity contribution in [3.8, 4) is 11.8 Å². The molecule has 0 amide bonds. The molecule has 0 nitrogen and oxygen atoms in total. The zero-order valence-electron chi connectivity index (χ0n) is 21.7. The molecule has 186 valence electrons. The summed E-state index contributed by atoms with van der Waals surface area (Å²) in [5.41, 5.74) is 4.10. The first kappa shape index (κ1) is 26.0. The van der Waals surface area contributed by atoms with Gasteiger partial charge >= 0.3 is 0 Å². The van der Waals surface area contributed by atoms with Crippen LogP contribution in [-0.4, -0.2) is 0 Å². The largest absolute Gasteiger partial charge is 0.206 e. The fraction of sp³-hybridized carbons (Fsp3) is 0.371. The summed E-state index contributed by atoms with van der Waals surface area (Å²) >= 11 is 0. The highest BCUT2D eigenvalue weighted by atomic mass is 19.1.